The largest absolute Gasteiger partial charge is 0.469 e. The van der Waals surface area contributed by atoms with E-state index in [2.05, 4.69) is 4.74 Å². The molecule has 1 aromatic rings. The van der Waals surface area contributed by atoms with Crippen LogP contribution < -0.4 is 0 Å². The van der Waals surface area contributed by atoms with Gasteiger partial charge >= 0.3 is 5.97 Å². The number of carbonyl (C=O) groups excluding carboxylic acids is 3. The Labute approximate surface area is 86.9 Å². The van der Waals surface area contributed by atoms with Crippen molar-refractivity contribution < 1.29 is 19.1 Å². The van der Waals surface area contributed by atoms with Gasteiger partial charge in [0.2, 0.25) is 0 Å². The first-order valence-corrected chi connectivity index (χ1v) is 4.31. The maximum Gasteiger partial charge on any atom is 0.309 e. The maximum atomic E-state index is 11.0. The van der Waals surface area contributed by atoms with Gasteiger partial charge in [0.05, 0.1) is 13.5 Å². The molecule has 0 aliphatic heterocycles. The molecule has 4 heteroatoms. The Hall–Kier alpha value is -1.97. The number of aldehydes is 2. The van der Waals surface area contributed by atoms with Gasteiger partial charge < -0.3 is 4.74 Å². The molecule has 15 heavy (non-hydrogen) atoms. The highest BCUT2D eigenvalue weighted by atomic mass is 16.5. The van der Waals surface area contributed by atoms with Gasteiger partial charge in [0, 0.05) is 11.1 Å². The van der Waals surface area contributed by atoms with Crippen molar-refractivity contribution in [3.63, 3.8) is 0 Å². The second-order valence-corrected chi connectivity index (χ2v) is 2.95. The van der Waals surface area contributed by atoms with E-state index in [-0.39, 0.29) is 18.0 Å². The van der Waals surface area contributed by atoms with Crippen LogP contribution in [0.5, 0.6) is 0 Å². The van der Waals surface area contributed by atoms with E-state index in [9.17, 15) is 14.4 Å². The quantitative estimate of drug-likeness (QED) is 0.545. The third kappa shape index (κ3) is 2.74. The fraction of sp³-hybridized carbons (Fsp3) is 0.182. The lowest BCUT2D eigenvalue weighted by Crippen LogP contribution is -2.05. The van der Waals surface area contributed by atoms with Crippen LogP contribution in [-0.2, 0) is 16.0 Å². The summed E-state index contributed by atoms with van der Waals surface area (Å²) in [6, 6.07) is 4.64. The normalized spacial score (nSPS) is 9.40. The lowest BCUT2D eigenvalue weighted by atomic mass is 10.0. The molecule has 1 rings (SSSR count). The molecule has 0 amide bonds. The van der Waals surface area contributed by atoms with Crippen LogP contribution in [0, 0.1) is 0 Å². The summed E-state index contributed by atoms with van der Waals surface area (Å²) in [4.78, 5) is 32.1. The Morgan fingerprint density at radius 1 is 1.27 bits per heavy atom. The van der Waals surface area contributed by atoms with Crippen LogP contribution >= 0.6 is 0 Å². The number of methoxy groups -OCH3 is 1. The van der Waals surface area contributed by atoms with Gasteiger partial charge in [-0.2, -0.15) is 0 Å². The van der Waals surface area contributed by atoms with Gasteiger partial charge in [0.1, 0.15) is 0 Å². The zero-order valence-corrected chi connectivity index (χ0v) is 8.23. The topological polar surface area (TPSA) is 60.4 Å². The Kier molecular flexibility index (Phi) is 3.74. The van der Waals surface area contributed by atoms with Crippen LogP contribution in [0.4, 0.5) is 0 Å². The Morgan fingerprint density at radius 3 is 2.47 bits per heavy atom. The minimum atomic E-state index is -0.384. The molecule has 0 aliphatic carbocycles. The molecule has 0 unspecified atom stereocenters. The van der Waals surface area contributed by atoms with Crippen molar-refractivity contribution in [3.8, 4) is 0 Å². The number of hydrogen-bond acceptors (Lipinski definition) is 4. The van der Waals surface area contributed by atoms with Crippen LogP contribution in [0.2, 0.25) is 0 Å². The standard InChI is InChI=1S/C11H10O4/c1-15-11(14)5-8-2-3-9(6-12)10(4-8)7-13/h2-4,6-7H,5H2,1H3. The summed E-state index contributed by atoms with van der Waals surface area (Å²) in [5.41, 5.74) is 1.25. The zero-order valence-electron chi connectivity index (χ0n) is 8.23. The van der Waals surface area contributed by atoms with E-state index in [1.54, 1.807) is 6.07 Å². The van der Waals surface area contributed by atoms with E-state index in [0.717, 1.165) is 0 Å². The van der Waals surface area contributed by atoms with Crippen LogP contribution in [-0.4, -0.2) is 25.7 Å². The maximum absolute atomic E-state index is 11.0. The summed E-state index contributed by atoms with van der Waals surface area (Å²) in [7, 11) is 1.29. The van der Waals surface area contributed by atoms with Gasteiger partial charge in [0.15, 0.2) is 12.6 Å². The molecule has 0 N–H and O–H groups in total. The lowest BCUT2D eigenvalue weighted by Gasteiger charge is -2.02. The molecule has 0 fully saturated rings. The third-order valence-corrected chi connectivity index (χ3v) is 1.98. The summed E-state index contributed by atoms with van der Waals surface area (Å²) >= 11 is 0. The van der Waals surface area contributed by atoms with E-state index in [1.165, 1.54) is 19.2 Å². The van der Waals surface area contributed by atoms with Gasteiger partial charge in [-0.1, -0.05) is 12.1 Å². The molecule has 0 aromatic heterocycles. The third-order valence-electron chi connectivity index (χ3n) is 1.98. The van der Waals surface area contributed by atoms with E-state index >= 15 is 0 Å². The first-order valence-electron chi connectivity index (χ1n) is 4.31. The molecule has 0 radical (unpaired) electrons. The minimum Gasteiger partial charge on any atom is -0.469 e. The molecule has 4 nitrogen and oxygen atoms in total. The number of carbonyl (C=O) groups is 3. The molecule has 1 aromatic carbocycles. The van der Waals surface area contributed by atoms with E-state index < -0.39 is 0 Å². The summed E-state index contributed by atoms with van der Waals surface area (Å²) in [5.74, 6) is -0.384. The second-order valence-electron chi connectivity index (χ2n) is 2.95. The average Bonchev–Trinajstić information content (AvgIpc) is 2.28. The number of esters is 1. The van der Waals surface area contributed by atoms with Crippen molar-refractivity contribution in [1.82, 2.24) is 0 Å². The summed E-state index contributed by atoms with van der Waals surface area (Å²) in [6.07, 6.45) is 1.28. The van der Waals surface area contributed by atoms with Gasteiger partial charge in [0.25, 0.3) is 0 Å². The van der Waals surface area contributed by atoms with Gasteiger partial charge in [-0.15, -0.1) is 0 Å². The predicted molar refractivity (Wildman–Crippen MR) is 52.9 cm³/mol. The molecule has 78 valence electrons. The fourth-order valence-corrected chi connectivity index (χ4v) is 1.18. The molecule has 0 saturated heterocycles. The van der Waals surface area contributed by atoms with Crippen molar-refractivity contribution in [1.29, 1.82) is 0 Å². The zero-order chi connectivity index (χ0) is 11.3. The molecule has 0 heterocycles. The fourth-order valence-electron chi connectivity index (χ4n) is 1.18. The summed E-state index contributed by atoms with van der Waals surface area (Å²) in [6.45, 7) is 0. The highest BCUT2D eigenvalue weighted by Crippen LogP contribution is 2.09. The first-order chi connectivity index (χ1) is 7.21. The summed E-state index contributed by atoms with van der Waals surface area (Å²) in [5, 5.41) is 0. The molecular formula is C11H10O4. The van der Waals surface area contributed by atoms with Crippen molar-refractivity contribution >= 4 is 18.5 Å². The minimum absolute atomic E-state index is 0.0937. The highest BCUT2D eigenvalue weighted by Gasteiger charge is 2.06. The summed E-state index contributed by atoms with van der Waals surface area (Å²) < 4.78 is 4.49. The van der Waals surface area contributed by atoms with Crippen LogP contribution in [0.25, 0.3) is 0 Å². The van der Waals surface area contributed by atoms with Gasteiger partial charge in [-0.05, 0) is 11.6 Å². The first kappa shape index (κ1) is 11.1. The van der Waals surface area contributed by atoms with Gasteiger partial charge in [-0.25, -0.2) is 0 Å². The van der Waals surface area contributed by atoms with E-state index in [0.29, 0.717) is 23.7 Å². The van der Waals surface area contributed by atoms with Crippen molar-refractivity contribution in [2.75, 3.05) is 7.11 Å². The molecular weight excluding hydrogens is 196 g/mol. The smallest absolute Gasteiger partial charge is 0.309 e. The Bertz CT molecular complexity index is 396. The molecule has 0 spiro atoms. The van der Waals surface area contributed by atoms with Crippen molar-refractivity contribution in [3.05, 3.63) is 34.9 Å². The van der Waals surface area contributed by atoms with Gasteiger partial charge in [-0.3, -0.25) is 14.4 Å². The number of ether oxygens (including phenoxy) is 1. The highest BCUT2D eigenvalue weighted by molar-refractivity contribution is 5.90. The SMILES string of the molecule is COC(=O)Cc1ccc(C=O)c(C=O)c1. The lowest BCUT2D eigenvalue weighted by molar-refractivity contribution is -0.139. The number of rotatable bonds is 4. The van der Waals surface area contributed by atoms with Crippen LogP contribution in [0.15, 0.2) is 18.2 Å². The van der Waals surface area contributed by atoms with E-state index in [4.69, 9.17) is 0 Å². The molecule has 0 saturated carbocycles. The van der Waals surface area contributed by atoms with Crippen molar-refractivity contribution in [2.24, 2.45) is 0 Å². The number of hydrogen-bond donors (Lipinski definition) is 0. The molecule has 0 bridgehead atoms. The van der Waals surface area contributed by atoms with Crippen molar-refractivity contribution in [2.45, 2.75) is 6.42 Å². The monoisotopic (exact) mass is 206 g/mol. The predicted octanol–water partition coefficient (Wildman–Crippen LogP) is 1.03. The molecule has 0 aliphatic rings. The molecule has 0 atom stereocenters. The Morgan fingerprint density at radius 2 is 1.93 bits per heavy atom. The second kappa shape index (κ2) is 5.05. The average molecular weight is 206 g/mol. The Balaban J connectivity index is 2.97. The van der Waals surface area contributed by atoms with E-state index in [1.807, 2.05) is 0 Å². The number of benzene rings is 1. The van der Waals surface area contributed by atoms with Crippen LogP contribution in [0.1, 0.15) is 26.3 Å². The van der Waals surface area contributed by atoms with Crippen LogP contribution in [0.3, 0.4) is 0 Å².